The maximum Gasteiger partial charge on any atom is 0.410 e. The van der Waals surface area contributed by atoms with E-state index < -0.39 is 16.4 Å². The van der Waals surface area contributed by atoms with Crippen molar-refractivity contribution in [3.05, 3.63) is 58.9 Å². The molecule has 1 aliphatic carbocycles. The molecule has 1 aromatic carbocycles. The second-order valence-electron chi connectivity index (χ2n) is 14.8. The van der Waals surface area contributed by atoms with E-state index in [-0.39, 0.29) is 42.6 Å². The highest BCUT2D eigenvalue weighted by molar-refractivity contribution is 5.95. The number of rotatable bonds is 6. The maximum absolute atomic E-state index is 13.8. The van der Waals surface area contributed by atoms with Crippen LogP contribution in [0.3, 0.4) is 0 Å². The number of amides is 3. The topological polar surface area (TPSA) is 109 Å². The van der Waals surface area contributed by atoms with Crippen LogP contribution in [0.15, 0.2) is 36.5 Å². The number of fused-ring (bicyclic) bond motifs is 3. The Labute approximate surface area is 260 Å². The first-order valence-electron chi connectivity index (χ1n) is 15.7. The zero-order chi connectivity index (χ0) is 32.0. The zero-order valence-electron chi connectivity index (χ0n) is 27.1. The molecule has 1 N–H and O–H groups in total. The number of hydrogen-bond donors (Lipinski definition) is 1. The molecule has 1 aromatic heterocycles. The number of anilines is 1. The predicted octanol–water partition coefficient (Wildman–Crippen LogP) is 5.37. The van der Waals surface area contributed by atoms with Gasteiger partial charge in [-0.2, -0.15) is 0 Å². The Morgan fingerprint density at radius 2 is 1.75 bits per heavy atom. The number of nitrogens with zero attached hydrogens (tertiary/aromatic N) is 3. The molecule has 3 unspecified atom stereocenters. The normalized spacial score (nSPS) is 24.4. The Bertz CT molecular complexity index is 1460. The molecule has 2 aromatic rings. The molecule has 2 bridgehead atoms. The second-order valence-corrected chi connectivity index (χ2v) is 14.8. The summed E-state index contributed by atoms with van der Waals surface area (Å²) in [7, 11) is 0. The molecule has 2 aliphatic heterocycles. The molecule has 5 rings (SSSR count). The van der Waals surface area contributed by atoms with Crippen molar-refractivity contribution in [2.75, 3.05) is 11.9 Å². The van der Waals surface area contributed by atoms with E-state index in [0.29, 0.717) is 18.5 Å². The first-order valence-corrected chi connectivity index (χ1v) is 15.7. The van der Waals surface area contributed by atoms with Crippen LogP contribution in [0.25, 0.3) is 0 Å². The number of piperidine rings is 1. The van der Waals surface area contributed by atoms with Gasteiger partial charge in [0.1, 0.15) is 18.4 Å². The number of ether oxygens (including phenoxy) is 1. The highest BCUT2D eigenvalue weighted by Crippen LogP contribution is 2.41. The number of nitrogens with one attached hydrogen (secondary N) is 1. The summed E-state index contributed by atoms with van der Waals surface area (Å²) in [6, 6.07) is 9.20. The van der Waals surface area contributed by atoms with Crippen LogP contribution in [-0.4, -0.2) is 69.2 Å². The third-order valence-corrected chi connectivity index (χ3v) is 9.28. The molecule has 0 saturated carbocycles. The van der Waals surface area contributed by atoms with Gasteiger partial charge in [0.25, 0.3) is 0 Å². The van der Waals surface area contributed by atoms with Crippen molar-refractivity contribution in [3.8, 4) is 0 Å². The van der Waals surface area contributed by atoms with Crippen LogP contribution >= 0.6 is 0 Å². The van der Waals surface area contributed by atoms with Crippen molar-refractivity contribution >= 4 is 29.9 Å². The van der Waals surface area contributed by atoms with Crippen LogP contribution in [0.1, 0.15) is 89.6 Å². The van der Waals surface area contributed by atoms with E-state index >= 15 is 0 Å². The van der Waals surface area contributed by atoms with Crippen molar-refractivity contribution in [1.82, 2.24) is 14.8 Å². The summed E-state index contributed by atoms with van der Waals surface area (Å²) < 4.78 is 5.75. The third kappa shape index (κ3) is 6.24. The van der Waals surface area contributed by atoms with Gasteiger partial charge in [-0.1, -0.05) is 32.9 Å². The fourth-order valence-electron chi connectivity index (χ4n) is 7.35. The van der Waals surface area contributed by atoms with Crippen LogP contribution < -0.4 is 5.32 Å². The Balaban J connectivity index is 1.34. The number of benzene rings is 1. The molecule has 2 saturated heterocycles. The van der Waals surface area contributed by atoms with Crippen LogP contribution in [-0.2, 0) is 37.4 Å². The Morgan fingerprint density at radius 1 is 1.05 bits per heavy atom. The van der Waals surface area contributed by atoms with Crippen LogP contribution in [0.2, 0.25) is 0 Å². The lowest BCUT2D eigenvalue weighted by Gasteiger charge is -2.46. The number of aromatic nitrogens is 1. The van der Waals surface area contributed by atoms with E-state index in [0.717, 1.165) is 54.4 Å². The van der Waals surface area contributed by atoms with Crippen molar-refractivity contribution < 1.29 is 23.9 Å². The van der Waals surface area contributed by atoms with Gasteiger partial charge in [-0.25, -0.2) is 4.79 Å². The standard InChI is InChI=1S/C35H46N4O5/c1-22-27(9-8-16-36-22)35(21-40)18-23-10-11-25(17-24(23)19-35)37-30(41)20-38(31(42)33(2,3)4)28-14-12-26-13-15-29(28)39(26)32(43)44-34(5,6)7/h8-11,16-17,21,26,28-29H,12-15,18-20H2,1-7H3,(H,37,41)/t26?,28?,29?,35-/m0/s1. The lowest BCUT2D eigenvalue weighted by Crippen LogP contribution is -2.60. The number of carbonyl (C=O) groups is 4. The largest absolute Gasteiger partial charge is 0.444 e. The molecule has 3 aliphatic rings. The highest BCUT2D eigenvalue weighted by atomic mass is 16.6. The van der Waals surface area contributed by atoms with E-state index in [9.17, 15) is 19.2 Å². The minimum Gasteiger partial charge on any atom is -0.444 e. The molecular weight excluding hydrogens is 556 g/mol. The average molecular weight is 603 g/mol. The Kier molecular flexibility index (Phi) is 8.37. The monoisotopic (exact) mass is 602 g/mol. The number of hydrogen-bond acceptors (Lipinski definition) is 6. The molecule has 3 amide bonds. The second kappa shape index (κ2) is 11.6. The van der Waals surface area contributed by atoms with Gasteiger partial charge in [-0.05, 0) is 101 Å². The zero-order valence-corrected chi connectivity index (χ0v) is 27.1. The van der Waals surface area contributed by atoms with Gasteiger partial charge in [-0.15, -0.1) is 0 Å². The summed E-state index contributed by atoms with van der Waals surface area (Å²) in [5.74, 6) is -0.419. The number of pyridine rings is 1. The van der Waals surface area contributed by atoms with Crippen molar-refractivity contribution in [2.24, 2.45) is 5.41 Å². The minimum absolute atomic E-state index is 0.0897. The molecule has 3 heterocycles. The fourth-order valence-corrected chi connectivity index (χ4v) is 7.35. The SMILES string of the molecule is Cc1ncccc1[C@@]1(C=O)Cc2ccc(NC(=O)CN(C(=O)C(C)(C)C)C3CCC4CCC3N4C(=O)OC(C)(C)C)cc2C1. The first-order chi connectivity index (χ1) is 20.6. The van der Waals surface area contributed by atoms with Gasteiger partial charge >= 0.3 is 6.09 Å². The summed E-state index contributed by atoms with van der Waals surface area (Å²) in [4.78, 5) is 61.0. The highest BCUT2D eigenvalue weighted by Gasteiger charge is 2.50. The smallest absolute Gasteiger partial charge is 0.410 e. The lowest BCUT2D eigenvalue weighted by atomic mass is 9.78. The average Bonchev–Trinajstić information content (AvgIpc) is 3.46. The summed E-state index contributed by atoms with van der Waals surface area (Å²) >= 11 is 0. The van der Waals surface area contributed by atoms with Gasteiger partial charge in [0, 0.05) is 29.0 Å². The predicted molar refractivity (Wildman–Crippen MR) is 168 cm³/mol. The number of aldehydes is 1. The Hall–Kier alpha value is -3.75. The molecule has 9 nitrogen and oxygen atoms in total. The van der Waals surface area contributed by atoms with E-state index in [1.807, 2.05) is 83.7 Å². The maximum atomic E-state index is 13.8. The van der Waals surface area contributed by atoms with Crippen molar-refractivity contribution in [2.45, 2.75) is 116 Å². The summed E-state index contributed by atoms with van der Waals surface area (Å²) in [5, 5.41) is 3.01. The van der Waals surface area contributed by atoms with E-state index in [2.05, 4.69) is 10.3 Å². The number of carbonyl (C=O) groups excluding carboxylic acids is 4. The van der Waals surface area contributed by atoms with Gasteiger partial charge in [0.05, 0.1) is 17.5 Å². The van der Waals surface area contributed by atoms with E-state index in [4.69, 9.17) is 4.74 Å². The quantitative estimate of drug-likeness (QED) is 0.446. The van der Waals surface area contributed by atoms with E-state index in [1.54, 1.807) is 11.1 Å². The summed E-state index contributed by atoms with van der Waals surface area (Å²) in [5.41, 5.74) is 2.47. The third-order valence-electron chi connectivity index (χ3n) is 9.28. The summed E-state index contributed by atoms with van der Waals surface area (Å²) in [6.07, 6.45) is 6.63. The van der Waals surface area contributed by atoms with Crippen LogP contribution in [0.5, 0.6) is 0 Å². The van der Waals surface area contributed by atoms with Gasteiger partial charge in [0.15, 0.2) is 0 Å². The molecular formula is C35H46N4O5. The number of aryl methyl sites for hydroxylation is 1. The van der Waals surface area contributed by atoms with Gasteiger partial charge in [0.2, 0.25) is 11.8 Å². The van der Waals surface area contributed by atoms with Crippen molar-refractivity contribution in [1.29, 1.82) is 0 Å². The fraction of sp³-hybridized carbons (Fsp3) is 0.571. The molecule has 44 heavy (non-hydrogen) atoms. The molecule has 0 spiro atoms. The molecule has 0 radical (unpaired) electrons. The van der Waals surface area contributed by atoms with Crippen LogP contribution in [0.4, 0.5) is 10.5 Å². The van der Waals surface area contributed by atoms with E-state index in [1.165, 1.54) is 0 Å². The first kappa shape index (κ1) is 31.7. The molecule has 9 heteroatoms. The van der Waals surface area contributed by atoms with Crippen LogP contribution in [0, 0.1) is 12.3 Å². The van der Waals surface area contributed by atoms with Gasteiger partial charge < -0.3 is 24.6 Å². The molecule has 2 fully saturated rings. The lowest BCUT2D eigenvalue weighted by molar-refractivity contribution is -0.147. The minimum atomic E-state index is -0.706. The Morgan fingerprint density at radius 3 is 2.41 bits per heavy atom. The molecule has 4 atom stereocenters. The molecule has 236 valence electrons. The van der Waals surface area contributed by atoms with Crippen molar-refractivity contribution in [3.63, 3.8) is 0 Å². The van der Waals surface area contributed by atoms with Gasteiger partial charge in [-0.3, -0.25) is 14.6 Å². The summed E-state index contributed by atoms with van der Waals surface area (Å²) in [6.45, 7) is 12.9.